The van der Waals surface area contributed by atoms with Gasteiger partial charge in [0.1, 0.15) is 11.6 Å². The molecule has 0 amide bonds. The van der Waals surface area contributed by atoms with E-state index < -0.39 is 21.7 Å². The van der Waals surface area contributed by atoms with Crippen LogP contribution in [0.4, 0.5) is 20.7 Å². The van der Waals surface area contributed by atoms with Gasteiger partial charge in [0.25, 0.3) is 10.0 Å². The summed E-state index contributed by atoms with van der Waals surface area (Å²) in [6.07, 6.45) is 0. The maximum Gasteiger partial charge on any atom is 0.286 e. The van der Waals surface area contributed by atoms with Crippen molar-refractivity contribution in [1.29, 1.82) is 0 Å². The van der Waals surface area contributed by atoms with Crippen LogP contribution in [0.2, 0.25) is 10.0 Å². The van der Waals surface area contributed by atoms with E-state index in [1.54, 1.807) is 18.2 Å². The quantitative estimate of drug-likeness (QED) is 0.324. The summed E-state index contributed by atoms with van der Waals surface area (Å²) in [7, 11) is -4.16. The lowest BCUT2D eigenvalue weighted by atomic mass is 10.2. The molecule has 0 spiro atoms. The number of halogens is 4. The zero-order chi connectivity index (χ0) is 24.3. The van der Waals surface area contributed by atoms with E-state index in [0.29, 0.717) is 4.09 Å². The Labute approximate surface area is 204 Å². The number of aromatic nitrogens is 3. The molecule has 2 N–H and O–H groups in total. The molecular formula is C22H17Cl2F2N5O2S. The molecule has 0 aliphatic carbocycles. The molecule has 0 radical (unpaired) electrons. The molecule has 176 valence electrons. The van der Waals surface area contributed by atoms with Gasteiger partial charge in [-0.05, 0) is 36.4 Å². The summed E-state index contributed by atoms with van der Waals surface area (Å²) < 4.78 is 55.4. The Morgan fingerprint density at radius 2 is 1.35 bits per heavy atom. The van der Waals surface area contributed by atoms with E-state index in [0.717, 1.165) is 0 Å². The van der Waals surface area contributed by atoms with Crippen molar-refractivity contribution in [2.75, 3.05) is 10.6 Å². The molecule has 0 saturated carbocycles. The first kappa shape index (κ1) is 23.9. The van der Waals surface area contributed by atoms with Crippen molar-refractivity contribution in [2.45, 2.75) is 18.0 Å². The molecule has 0 aliphatic heterocycles. The van der Waals surface area contributed by atoms with Crippen molar-refractivity contribution in [1.82, 2.24) is 14.2 Å². The molecule has 0 fully saturated rings. The predicted molar refractivity (Wildman–Crippen MR) is 127 cm³/mol. The molecule has 3 aromatic carbocycles. The summed E-state index contributed by atoms with van der Waals surface area (Å²) in [5.41, 5.74) is 0.294. The van der Waals surface area contributed by atoms with Gasteiger partial charge in [-0.25, -0.2) is 8.78 Å². The van der Waals surface area contributed by atoms with Gasteiger partial charge in [0.2, 0.25) is 11.9 Å². The molecule has 12 heteroatoms. The fraction of sp³-hybridized carbons (Fsp3) is 0.0909. The van der Waals surface area contributed by atoms with Crippen molar-refractivity contribution in [3.05, 3.63) is 99.5 Å². The molecule has 7 nitrogen and oxygen atoms in total. The van der Waals surface area contributed by atoms with E-state index in [9.17, 15) is 17.2 Å². The van der Waals surface area contributed by atoms with E-state index >= 15 is 0 Å². The van der Waals surface area contributed by atoms with Crippen LogP contribution in [0.3, 0.4) is 0 Å². The lowest BCUT2D eigenvalue weighted by Crippen LogP contribution is -2.18. The minimum atomic E-state index is -4.16. The number of hydrogen-bond acceptors (Lipinski definition) is 6. The van der Waals surface area contributed by atoms with Gasteiger partial charge < -0.3 is 10.6 Å². The number of rotatable bonds is 8. The maximum absolute atomic E-state index is 14.2. The second-order valence-corrected chi connectivity index (χ2v) is 9.61. The standard InChI is InChI=1S/C22H17Cl2F2N5O2S/c23-17-8-4-10-19(25)15(17)12-27-21-29-22(28-13-16-18(24)9-5-11-20(16)26)31(30-21)34(32,33)14-6-2-1-3-7-14/h1-11H,12-13H2,(H2,27,28,29,30). The first-order chi connectivity index (χ1) is 16.3. The molecule has 1 aromatic heterocycles. The Morgan fingerprint density at radius 3 is 1.91 bits per heavy atom. The largest absolute Gasteiger partial charge is 0.349 e. The van der Waals surface area contributed by atoms with Gasteiger partial charge in [-0.3, -0.25) is 0 Å². The average molecular weight is 524 g/mol. The lowest BCUT2D eigenvalue weighted by Gasteiger charge is -2.10. The fourth-order valence-corrected chi connectivity index (χ4v) is 4.76. The molecule has 4 rings (SSSR count). The van der Waals surface area contributed by atoms with Crippen molar-refractivity contribution in [3.63, 3.8) is 0 Å². The highest BCUT2D eigenvalue weighted by Crippen LogP contribution is 2.24. The van der Waals surface area contributed by atoms with E-state index in [1.807, 2.05) is 0 Å². The Kier molecular flexibility index (Phi) is 7.01. The van der Waals surface area contributed by atoms with Crippen LogP contribution in [-0.4, -0.2) is 22.6 Å². The van der Waals surface area contributed by atoms with Crippen LogP contribution in [-0.2, 0) is 23.1 Å². The Morgan fingerprint density at radius 1 is 0.794 bits per heavy atom. The Bertz CT molecular complexity index is 1390. The number of hydrogen-bond donors (Lipinski definition) is 2. The van der Waals surface area contributed by atoms with Gasteiger partial charge >= 0.3 is 0 Å². The molecule has 0 bridgehead atoms. The van der Waals surface area contributed by atoms with Crippen LogP contribution >= 0.6 is 23.2 Å². The summed E-state index contributed by atoms with van der Waals surface area (Å²) in [6.45, 7) is -0.257. The summed E-state index contributed by atoms with van der Waals surface area (Å²) in [5, 5.41) is 9.95. The monoisotopic (exact) mass is 523 g/mol. The molecule has 0 atom stereocenters. The van der Waals surface area contributed by atoms with Crippen molar-refractivity contribution >= 4 is 45.1 Å². The third kappa shape index (κ3) is 4.98. The van der Waals surface area contributed by atoms with Gasteiger partial charge in [0.15, 0.2) is 0 Å². The van der Waals surface area contributed by atoms with Crippen molar-refractivity contribution < 1.29 is 17.2 Å². The SMILES string of the molecule is O=S(=O)(c1ccccc1)n1nc(NCc2c(F)cccc2Cl)nc1NCc1c(F)cccc1Cl. The van der Waals surface area contributed by atoms with Crippen LogP contribution in [0.1, 0.15) is 11.1 Å². The van der Waals surface area contributed by atoms with E-state index in [4.69, 9.17) is 23.2 Å². The third-order valence-corrected chi connectivity index (χ3v) is 7.10. The first-order valence-electron chi connectivity index (χ1n) is 9.88. The molecule has 0 aliphatic rings. The van der Waals surface area contributed by atoms with Crippen LogP contribution in [0.25, 0.3) is 0 Å². The number of anilines is 2. The highest BCUT2D eigenvalue weighted by atomic mass is 35.5. The molecule has 34 heavy (non-hydrogen) atoms. The lowest BCUT2D eigenvalue weighted by molar-refractivity contribution is 0.580. The second-order valence-electron chi connectivity index (χ2n) is 7.03. The normalized spacial score (nSPS) is 11.4. The molecule has 1 heterocycles. The van der Waals surface area contributed by atoms with Crippen molar-refractivity contribution in [2.24, 2.45) is 0 Å². The van der Waals surface area contributed by atoms with Gasteiger partial charge in [-0.15, -0.1) is 9.19 Å². The van der Waals surface area contributed by atoms with Crippen LogP contribution < -0.4 is 10.6 Å². The molecular weight excluding hydrogens is 507 g/mol. The van der Waals surface area contributed by atoms with Gasteiger partial charge in [0, 0.05) is 34.3 Å². The number of nitrogens with one attached hydrogen (secondary N) is 2. The minimum Gasteiger partial charge on any atom is -0.349 e. The Balaban J connectivity index is 1.68. The first-order valence-corrected chi connectivity index (χ1v) is 12.1. The van der Waals surface area contributed by atoms with Gasteiger partial charge in [0.05, 0.1) is 4.90 Å². The predicted octanol–water partition coefficient (Wildman–Crippen LogP) is 5.32. The highest BCUT2D eigenvalue weighted by Gasteiger charge is 2.24. The maximum atomic E-state index is 14.2. The third-order valence-electron chi connectivity index (χ3n) is 4.82. The molecule has 4 aromatic rings. The average Bonchev–Trinajstić information content (AvgIpc) is 3.23. The number of benzene rings is 3. The Hall–Kier alpha value is -3.21. The molecule has 0 saturated heterocycles. The summed E-state index contributed by atoms with van der Waals surface area (Å²) in [6, 6.07) is 16.1. The summed E-state index contributed by atoms with van der Waals surface area (Å²) in [5.74, 6) is -1.40. The minimum absolute atomic E-state index is 0.0319. The highest BCUT2D eigenvalue weighted by molar-refractivity contribution is 7.90. The van der Waals surface area contributed by atoms with Crippen molar-refractivity contribution in [3.8, 4) is 0 Å². The van der Waals surface area contributed by atoms with E-state index in [2.05, 4.69) is 20.7 Å². The zero-order valence-corrected chi connectivity index (χ0v) is 19.7. The topological polar surface area (TPSA) is 88.9 Å². The zero-order valence-electron chi connectivity index (χ0n) is 17.3. The summed E-state index contributed by atoms with van der Waals surface area (Å²) in [4.78, 5) is 4.14. The smallest absolute Gasteiger partial charge is 0.286 e. The van der Waals surface area contributed by atoms with Gasteiger partial charge in [-0.2, -0.15) is 13.4 Å². The second kappa shape index (κ2) is 9.96. The number of nitrogens with zero attached hydrogens (tertiary/aromatic N) is 3. The van der Waals surface area contributed by atoms with E-state index in [-0.39, 0.29) is 51.1 Å². The fourth-order valence-electron chi connectivity index (χ4n) is 3.08. The van der Waals surface area contributed by atoms with Crippen LogP contribution in [0, 0.1) is 11.6 Å². The molecule has 0 unspecified atom stereocenters. The van der Waals surface area contributed by atoms with Crippen LogP contribution in [0.15, 0.2) is 71.6 Å². The van der Waals surface area contributed by atoms with Crippen LogP contribution in [0.5, 0.6) is 0 Å². The summed E-state index contributed by atoms with van der Waals surface area (Å²) >= 11 is 12.1. The van der Waals surface area contributed by atoms with Gasteiger partial charge in [-0.1, -0.05) is 53.5 Å². The van der Waals surface area contributed by atoms with E-state index in [1.165, 1.54) is 48.5 Å².